The maximum absolute atomic E-state index is 14.0. The van der Waals surface area contributed by atoms with Crippen LogP contribution in [0.2, 0.25) is 10.0 Å². The number of aliphatic hydroxyl groups excluding tert-OH is 5. The molecule has 0 unspecified atom stereocenters. The Bertz CT molecular complexity index is 2260. The van der Waals surface area contributed by atoms with E-state index in [4.69, 9.17) is 61.1 Å². The summed E-state index contributed by atoms with van der Waals surface area (Å²) in [4.78, 5) is 40.1. The number of benzene rings is 1. The smallest absolute Gasteiger partial charge is 0.342 e. The molecule has 3 aliphatic rings. The van der Waals surface area contributed by atoms with Gasteiger partial charge in [-0.25, -0.2) is 14.4 Å². The van der Waals surface area contributed by atoms with Crippen molar-refractivity contribution in [3.05, 3.63) is 79.9 Å². The van der Waals surface area contributed by atoms with E-state index in [-0.39, 0.29) is 35.4 Å². The number of esters is 3. The van der Waals surface area contributed by atoms with Crippen molar-refractivity contribution in [3.63, 3.8) is 0 Å². The number of aromatic hydroxyl groups is 2. The normalized spacial score (nSPS) is 34.7. The SMILES string of the molecule is CCc1c(Cl)c(O)c(Cl)c(O)c1C(=O)O[C@H]1[C@H](O)[C@H](OC)[C@H](OC/C2=C\C=C\C[C@H](O)/C(C)=C/[C@H](CC)[C@@H](O[C@@H]3OC(C)(C)[C@@H](OC(=O)C(C)(C)O)[C@H](O)[C@@H]3O)/C(C)=C/C(C)=C/C[C@@H]([C@@H](C)O)OC2=O)O[C@@H]1C. The number of carbonyl (C=O) groups is 3. The molecule has 4 rings (SSSR count). The number of carbonyl (C=O) groups excluding carboxylic acids is 3. The van der Waals surface area contributed by atoms with E-state index in [1.54, 1.807) is 53.7 Å². The zero-order chi connectivity index (χ0) is 55.0. The van der Waals surface area contributed by atoms with E-state index in [9.17, 15) is 55.2 Å². The van der Waals surface area contributed by atoms with Crippen LogP contribution in [-0.2, 0) is 53.9 Å². The van der Waals surface area contributed by atoms with Gasteiger partial charge in [0.2, 0.25) is 0 Å². The number of ether oxygens (including phenoxy) is 8. The van der Waals surface area contributed by atoms with E-state index >= 15 is 0 Å². The van der Waals surface area contributed by atoms with Crippen molar-refractivity contribution >= 4 is 41.1 Å². The number of hydrogen-bond donors (Lipinski definition) is 8. The van der Waals surface area contributed by atoms with E-state index in [2.05, 4.69) is 0 Å². The molecule has 0 spiro atoms. The second-order valence-corrected chi connectivity index (χ2v) is 20.5. The third-order valence-corrected chi connectivity index (χ3v) is 13.8. The molecule has 0 bridgehead atoms. The van der Waals surface area contributed by atoms with Crippen molar-refractivity contribution in [1.82, 2.24) is 0 Å². The fourth-order valence-electron chi connectivity index (χ4n) is 8.60. The molecule has 0 aliphatic carbocycles. The largest absolute Gasteiger partial charge is 0.505 e. The van der Waals surface area contributed by atoms with Crippen molar-refractivity contribution in [2.45, 2.75) is 193 Å². The van der Waals surface area contributed by atoms with Crippen LogP contribution in [0.25, 0.3) is 0 Å². The van der Waals surface area contributed by atoms with Gasteiger partial charge in [-0.2, -0.15) is 0 Å². The predicted octanol–water partition coefficient (Wildman–Crippen LogP) is 5.35. The molecule has 2 saturated heterocycles. The number of methoxy groups -OCH3 is 1. The standard InChI is InChI=1S/C52H74Cl2O19/c1-13-29-22-25(4)32(56)18-16-15-17-30(23-67-49-44(66-12)41(61)43(28(7)68-49)70-47(63)34-31(14-2)35(53)38(58)36(54)37(34)57)46(62)69-33(27(6)55)20-19-24(3)21-26(5)42(29)71-48-40(60)39(59)45(52(10,11)73-48)72-50(64)51(8,9)65/h15-17,19,21-22,27-29,32-33,39-45,48-49,55-61,65H,13-14,18,20,23H2,1-12H3/b16-15+,24-19+,25-22+,26-21+,30-17+/t27-,28-,29+,32+,33+,39-,40+,41+,42+,43-,44+,45+,48-,49-/m1/s1. The molecule has 0 radical (unpaired) electrons. The second-order valence-electron chi connectivity index (χ2n) is 19.7. The lowest BCUT2D eigenvalue weighted by molar-refractivity contribution is -0.334. The van der Waals surface area contributed by atoms with Gasteiger partial charge in [-0.1, -0.05) is 73.0 Å². The van der Waals surface area contributed by atoms with Crippen LogP contribution < -0.4 is 0 Å². The van der Waals surface area contributed by atoms with Crippen LogP contribution >= 0.6 is 23.2 Å². The highest BCUT2D eigenvalue weighted by Crippen LogP contribution is 2.45. The quantitative estimate of drug-likeness (QED) is 0.0702. The van der Waals surface area contributed by atoms with Gasteiger partial charge >= 0.3 is 17.9 Å². The predicted molar refractivity (Wildman–Crippen MR) is 267 cm³/mol. The summed E-state index contributed by atoms with van der Waals surface area (Å²) in [5.41, 5.74) is -1.80. The first-order valence-corrected chi connectivity index (χ1v) is 25.0. The molecule has 1 aromatic rings. The van der Waals surface area contributed by atoms with Gasteiger partial charge in [-0.05, 0) is 104 Å². The molecule has 0 aromatic heterocycles. The molecule has 2 fully saturated rings. The van der Waals surface area contributed by atoms with Crippen LogP contribution in [-0.4, -0.2) is 163 Å². The molecule has 3 heterocycles. The molecular formula is C52H74Cl2O19. The Labute approximate surface area is 436 Å². The molecule has 8 N–H and O–H groups in total. The summed E-state index contributed by atoms with van der Waals surface area (Å²) in [6, 6.07) is 0. The maximum Gasteiger partial charge on any atom is 0.342 e. The Kier molecular flexibility index (Phi) is 22.1. The summed E-state index contributed by atoms with van der Waals surface area (Å²) >= 11 is 12.3. The van der Waals surface area contributed by atoms with Gasteiger partial charge in [0.05, 0.1) is 41.6 Å². The Morgan fingerprint density at radius 2 is 1.59 bits per heavy atom. The Morgan fingerprint density at radius 1 is 0.932 bits per heavy atom. The van der Waals surface area contributed by atoms with Gasteiger partial charge in [0.25, 0.3) is 0 Å². The minimum atomic E-state index is -1.88. The van der Waals surface area contributed by atoms with Crippen molar-refractivity contribution in [3.8, 4) is 11.5 Å². The number of rotatable bonds is 13. The third-order valence-electron chi connectivity index (χ3n) is 13.0. The van der Waals surface area contributed by atoms with Crippen LogP contribution in [0.1, 0.15) is 111 Å². The monoisotopic (exact) mass is 1070 g/mol. The number of allylic oxidation sites excluding steroid dienone is 4. The first-order chi connectivity index (χ1) is 34.0. The number of aliphatic hydroxyl groups is 6. The number of phenolic OH excluding ortho intramolecular Hbond substituents is 2. The van der Waals surface area contributed by atoms with E-state index in [1.165, 1.54) is 47.0 Å². The van der Waals surface area contributed by atoms with E-state index in [0.29, 0.717) is 23.1 Å². The van der Waals surface area contributed by atoms with E-state index in [1.807, 2.05) is 19.1 Å². The summed E-state index contributed by atoms with van der Waals surface area (Å²) in [5.74, 6) is -4.82. The van der Waals surface area contributed by atoms with Crippen LogP contribution in [0.5, 0.6) is 11.5 Å². The first-order valence-electron chi connectivity index (χ1n) is 24.2. The topological polar surface area (TPSA) is 287 Å². The Morgan fingerprint density at radius 3 is 2.18 bits per heavy atom. The van der Waals surface area contributed by atoms with Gasteiger partial charge in [0.15, 0.2) is 41.9 Å². The van der Waals surface area contributed by atoms with E-state index in [0.717, 1.165) is 0 Å². The second kappa shape index (κ2) is 26.2. The van der Waals surface area contributed by atoms with Gasteiger partial charge in [0, 0.05) is 19.4 Å². The summed E-state index contributed by atoms with van der Waals surface area (Å²) in [6.45, 7) is 16.9. The Balaban J connectivity index is 1.61. The summed E-state index contributed by atoms with van der Waals surface area (Å²) in [7, 11) is 1.26. The lowest BCUT2D eigenvalue weighted by atomic mass is 9.88. The number of halogens is 2. The molecule has 19 nitrogen and oxygen atoms in total. The zero-order valence-corrected chi connectivity index (χ0v) is 44.9. The summed E-state index contributed by atoms with van der Waals surface area (Å²) < 4.78 is 47.3. The third kappa shape index (κ3) is 15.1. The lowest BCUT2D eigenvalue weighted by Crippen LogP contribution is -2.65. The van der Waals surface area contributed by atoms with Crippen LogP contribution in [0.4, 0.5) is 0 Å². The van der Waals surface area contributed by atoms with Gasteiger partial charge in [-0.3, -0.25) is 0 Å². The van der Waals surface area contributed by atoms with E-state index < -0.39 is 143 Å². The molecule has 14 atom stereocenters. The van der Waals surface area contributed by atoms with Gasteiger partial charge in [0.1, 0.15) is 46.7 Å². The van der Waals surface area contributed by atoms with Crippen LogP contribution in [0.15, 0.2) is 58.7 Å². The minimum Gasteiger partial charge on any atom is -0.505 e. The lowest BCUT2D eigenvalue weighted by Gasteiger charge is -2.48. The average molecular weight is 1070 g/mol. The summed E-state index contributed by atoms with van der Waals surface area (Å²) in [5, 5.41) is 86.6. The molecule has 0 amide bonds. The molecule has 21 heteroatoms. The molecule has 0 saturated carbocycles. The zero-order valence-electron chi connectivity index (χ0n) is 43.4. The first kappa shape index (κ1) is 61.6. The minimum absolute atomic E-state index is 0.0489. The highest BCUT2D eigenvalue weighted by atomic mass is 35.5. The van der Waals surface area contributed by atoms with Gasteiger partial charge < -0.3 is 78.7 Å². The Hall–Kier alpha value is -3.93. The van der Waals surface area contributed by atoms with Crippen molar-refractivity contribution in [2.24, 2.45) is 5.92 Å². The van der Waals surface area contributed by atoms with Crippen LogP contribution in [0, 0.1) is 5.92 Å². The number of hydrogen-bond acceptors (Lipinski definition) is 19. The number of cyclic esters (lactones) is 1. The van der Waals surface area contributed by atoms with Crippen molar-refractivity contribution in [2.75, 3.05) is 13.7 Å². The molecule has 410 valence electrons. The fourth-order valence-corrected chi connectivity index (χ4v) is 9.16. The van der Waals surface area contributed by atoms with Crippen molar-refractivity contribution in [1.29, 1.82) is 0 Å². The van der Waals surface area contributed by atoms with Crippen molar-refractivity contribution < 1.29 is 93.1 Å². The highest BCUT2D eigenvalue weighted by molar-refractivity contribution is 6.39. The van der Waals surface area contributed by atoms with Crippen LogP contribution in [0.3, 0.4) is 0 Å². The molecule has 73 heavy (non-hydrogen) atoms. The van der Waals surface area contributed by atoms with Gasteiger partial charge in [-0.15, -0.1) is 0 Å². The number of phenols is 2. The maximum atomic E-state index is 14.0. The molecule has 3 aliphatic heterocycles. The highest BCUT2D eigenvalue weighted by Gasteiger charge is 2.53. The summed E-state index contributed by atoms with van der Waals surface area (Å²) in [6.07, 6.45) is -6.26. The average Bonchev–Trinajstić information content (AvgIpc) is 3.31. The fraction of sp³-hybridized carbons (Fsp3) is 0.635. The molecular weight excluding hydrogens is 999 g/mol. The molecule has 1 aromatic carbocycles.